The molecule has 1 aromatic rings. The van der Waals surface area contributed by atoms with Gasteiger partial charge < -0.3 is 10.6 Å². The van der Waals surface area contributed by atoms with E-state index in [0.717, 1.165) is 37.1 Å². The molecule has 3 heteroatoms. The number of carbonyl (C=O) groups is 1. The van der Waals surface area contributed by atoms with Gasteiger partial charge >= 0.3 is 0 Å². The van der Waals surface area contributed by atoms with E-state index in [2.05, 4.69) is 16.6 Å². The Morgan fingerprint density at radius 1 is 1.39 bits per heavy atom. The Kier molecular flexibility index (Phi) is 4.38. The summed E-state index contributed by atoms with van der Waals surface area (Å²) < 4.78 is 0. The Labute approximate surface area is 108 Å². The van der Waals surface area contributed by atoms with Gasteiger partial charge in [0, 0.05) is 11.3 Å². The molecule has 0 bridgehead atoms. The summed E-state index contributed by atoms with van der Waals surface area (Å²) in [7, 11) is 0. The number of hydrogen-bond donors (Lipinski definition) is 2. The Morgan fingerprint density at radius 3 is 3.11 bits per heavy atom. The number of terminal acetylenes is 1. The van der Waals surface area contributed by atoms with E-state index in [1.54, 1.807) is 0 Å². The first-order chi connectivity index (χ1) is 8.79. The van der Waals surface area contributed by atoms with Crippen molar-refractivity contribution < 1.29 is 4.79 Å². The van der Waals surface area contributed by atoms with Crippen LogP contribution in [0.2, 0.25) is 0 Å². The van der Waals surface area contributed by atoms with Crippen LogP contribution in [-0.2, 0) is 4.79 Å². The van der Waals surface area contributed by atoms with Crippen molar-refractivity contribution in [1.29, 1.82) is 0 Å². The summed E-state index contributed by atoms with van der Waals surface area (Å²) in [5, 5.41) is 6.19. The van der Waals surface area contributed by atoms with E-state index in [0.29, 0.717) is 0 Å². The SMILES string of the molecule is C#Cc1cccc(NC(=O)C2CCCCCN2)c1. The minimum Gasteiger partial charge on any atom is -0.325 e. The van der Waals surface area contributed by atoms with E-state index >= 15 is 0 Å². The van der Waals surface area contributed by atoms with Crippen molar-refractivity contribution in [1.82, 2.24) is 5.32 Å². The van der Waals surface area contributed by atoms with E-state index in [-0.39, 0.29) is 11.9 Å². The van der Waals surface area contributed by atoms with Crippen LogP contribution in [0.4, 0.5) is 5.69 Å². The maximum absolute atomic E-state index is 12.1. The molecule has 18 heavy (non-hydrogen) atoms. The zero-order valence-electron chi connectivity index (χ0n) is 10.4. The lowest BCUT2D eigenvalue weighted by molar-refractivity contribution is -0.118. The quantitative estimate of drug-likeness (QED) is 0.780. The second-order valence-corrected chi connectivity index (χ2v) is 4.57. The Morgan fingerprint density at radius 2 is 2.28 bits per heavy atom. The summed E-state index contributed by atoms with van der Waals surface area (Å²) in [6.07, 6.45) is 9.69. The van der Waals surface area contributed by atoms with Crippen molar-refractivity contribution >= 4 is 11.6 Å². The maximum Gasteiger partial charge on any atom is 0.241 e. The van der Waals surface area contributed by atoms with Gasteiger partial charge in [0.1, 0.15) is 0 Å². The van der Waals surface area contributed by atoms with Crippen LogP contribution in [0, 0.1) is 12.3 Å². The number of nitrogens with one attached hydrogen (secondary N) is 2. The highest BCUT2D eigenvalue weighted by molar-refractivity contribution is 5.95. The predicted octanol–water partition coefficient (Wildman–Crippen LogP) is 2.14. The zero-order valence-corrected chi connectivity index (χ0v) is 10.4. The molecule has 1 aliphatic rings. The lowest BCUT2D eigenvalue weighted by Gasteiger charge is -2.15. The number of hydrogen-bond acceptors (Lipinski definition) is 2. The first-order valence-corrected chi connectivity index (χ1v) is 6.40. The molecule has 1 atom stereocenters. The number of rotatable bonds is 2. The van der Waals surface area contributed by atoms with Crippen LogP contribution < -0.4 is 10.6 Å². The van der Waals surface area contributed by atoms with E-state index in [4.69, 9.17) is 6.42 Å². The van der Waals surface area contributed by atoms with Gasteiger partial charge in [0.05, 0.1) is 6.04 Å². The van der Waals surface area contributed by atoms with Crippen LogP contribution in [0.15, 0.2) is 24.3 Å². The summed E-state index contributed by atoms with van der Waals surface area (Å²) in [5.74, 6) is 2.60. The largest absolute Gasteiger partial charge is 0.325 e. The molecule has 0 aliphatic carbocycles. The van der Waals surface area contributed by atoms with Gasteiger partial charge in [0.25, 0.3) is 0 Å². The highest BCUT2D eigenvalue weighted by Crippen LogP contribution is 2.13. The molecule has 1 aliphatic heterocycles. The van der Waals surface area contributed by atoms with Crippen LogP contribution >= 0.6 is 0 Å². The normalized spacial score (nSPS) is 19.6. The molecule has 94 valence electrons. The van der Waals surface area contributed by atoms with Crippen molar-refractivity contribution in [2.24, 2.45) is 0 Å². The molecule has 1 unspecified atom stereocenters. The van der Waals surface area contributed by atoms with Gasteiger partial charge in [-0.15, -0.1) is 6.42 Å². The van der Waals surface area contributed by atoms with E-state index in [1.165, 1.54) is 6.42 Å². The minimum absolute atomic E-state index is 0.0334. The van der Waals surface area contributed by atoms with E-state index < -0.39 is 0 Å². The first-order valence-electron chi connectivity index (χ1n) is 6.40. The molecule has 3 nitrogen and oxygen atoms in total. The van der Waals surface area contributed by atoms with Gasteiger partial charge in [-0.05, 0) is 37.6 Å². The molecule has 0 spiro atoms. The molecule has 1 fully saturated rings. The number of amides is 1. The second kappa shape index (κ2) is 6.23. The molecule has 2 rings (SSSR count). The molecular formula is C15H18N2O. The van der Waals surface area contributed by atoms with Gasteiger partial charge in [0.2, 0.25) is 5.91 Å². The van der Waals surface area contributed by atoms with Crippen molar-refractivity contribution in [2.75, 3.05) is 11.9 Å². The standard InChI is InChI=1S/C15H18N2O/c1-2-12-7-6-8-13(11-12)17-15(18)14-9-4-3-5-10-16-14/h1,6-8,11,14,16H,3-5,9-10H2,(H,17,18). The molecule has 1 amide bonds. The van der Waals surface area contributed by atoms with Gasteiger partial charge in [-0.3, -0.25) is 4.79 Å². The minimum atomic E-state index is -0.0815. The molecular weight excluding hydrogens is 224 g/mol. The smallest absolute Gasteiger partial charge is 0.241 e. The number of anilines is 1. The molecule has 0 aromatic heterocycles. The fraction of sp³-hybridized carbons (Fsp3) is 0.400. The summed E-state index contributed by atoms with van der Waals surface area (Å²) in [4.78, 5) is 12.1. The van der Waals surface area contributed by atoms with Crippen molar-refractivity contribution in [3.8, 4) is 12.3 Å². The summed E-state index contributed by atoms with van der Waals surface area (Å²) in [5.41, 5.74) is 1.54. The van der Waals surface area contributed by atoms with Crippen LogP contribution in [0.5, 0.6) is 0 Å². The van der Waals surface area contributed by atoms with Gasteiger partial charge in [-0.2, -0.15) is 0 Å². The van der Waals surface area contributed by atoms with Gasteiger partial charge in [0.15, 0.2) is 0 Å². The molecule has 1 aromatic carbocycles. The number of carbonyl (C=O) groups excluding carboxylic acids is 1. The van der Waals surface area contributed by atoms with Crippen LogP contribution in [0.3, 0.4) is 0 Å². The summed E-state index contributed by atoms with van der Waals surface area (Å²) in [6, 6.07) is 7.29. The highest BCUT2D eigenvalue weighted by Gasteiger charge is 2.19. The zero-order chi connectivity index (χ0) is 12.8. The van der Waals surface area contributed by atoms with Crippen molar-refractivity contribution in [2.45, 2.75) is 31.7 Å². The van der Waals surface area contributed by atoms with E-state index in [1.807, 2.05) is 24.3 Å². The third kappa shape index (κ3) is 3.35. The lowest BCUT2D eigenvalue weighted by Crippen LogP contribution is -2.39. The average Bonchev–Trinajstić information content (AvgIpc) is 2.68. The first kappa shape index (κ1) is 12.7. The van der Waals surface area contributed by atoms with Crippen molar-refractivity contribution in [3.63, 3.8) is 0 Å². The van der Waals surface area contributed by atoms with Gasteiger partial charge in [-0.1, -0.05) is 24.8 Å². The Bertz CT molecular complexity index is 454. The fourth-order valence-corrected chi connectivity index (χ4v) is 2.17. The third-order valence-corrected chi connectivity index (χ3v) is 3.17. The molecule has 1 heterocycles. The molecule has 1 saturated heterocycles. The highest BCUT2D eigenvalue weighted by atomic mass is 16.2. The average molecular weight is 242 g/mol. The van der Waals surface area contributed by atoms with Crippen LogP contribution in [-0.4, -0.2) is 18.5 Å². The molecule has 0 saturated carbocycles. The molecule has 0 radical (unpaired) electrons. The summed E-state index contributed by atoms with van der Waals surface area (Å²) in [6.45, 7) is 0.919. The maximum atomic E-state index is 12.1. The Balaban J connectivity index is 1.99. The summed E-state index contributed by atoms with van der Waals surface area (Å²) >= 11 is 0. The second-order valence-electron chi connectivity index (χ2n) is 4.57. The van der Waals surface area contributed by atoms with Crippen molar-refractivity contribution in [3.05, 3.63) is 29.8 Å². The van der Waals surface area contributed by atoms with Gasteiger partial charge in [-0.25, -0.2) is 0 Å². The predicted molar refractivity (Wildman–Crippen MR) is 73.3 cm³/mol. The van der Waals surface area contributed by atoms with Crippen LogP contribution in [0.1, 0.15) is 31.2 Å². The monoisotopic (exact) mass is 242 g/mol. The topological polar surface area (TPSA) is 41.1 Å². The fourth-order valence-electron chi connectivity index (χ4n) is 2.17. The van der Waals surface area contributed by atoms with E-state index in [9.17, 15) is 4.79 Å². The Hall–Kier alpha value is -1.79. The third-order valence-electron chi connectivity index (χ3n) is 3.17. The lowest BCUT2D eigenvalue weighted by atomic mass is 10.1. The molecule has 2 N–H and O–H groups in total. The number of benzene rings is 1. The van der Waals surface area contributed by atoms with Crippen LogP contribution in [0.25, 0.3) is 0 Å².